The number of ether oxygens (including phenoxy) is 1. The van der Waals surface area contributed by atoms with E-state index in [0.717, 1.165) is 76.7 Å². The van der Waals surface area contributed by atoms with Crippen LogP contribution in [0, 0.1) is 0 Å². The third-order valence-corrected chi connectivity index (χ3v) is 9.05. The number of piperidine rings is 1. The van der Waals surface area contributed by atoms with E-state index in [-0.39, 0.29) is 23.3 Å². The first-order valence-electron chi connectivity index (χ1n) is 16.2. The van der Waals surface area contributed by atoms with Crippen molar-refractivity contribution in [1.29, 1.82) is 0 Å². The molecule has 1 aliphatic heterocycles. The van der Waals surface area contributed by atoms with Crippen LogP contribution in [0.2, 0.25) is 0 Å². The molecule has 1 aliphatic rings. The summed E-state index contributed by atoms with van der Waals surface area (Å²) in [5.41, 5.74) is 1.81. The Balaban J connectivity index is 1.31. The summed E-state index contributed by atoms with van der Waals surface area (Å²) in [5.74, 6) is -0.351. The van der Waals surface area contributed by atoms with Gasteiger partial charge in [-0.3, -0.25) is 9.59 Å². The zero-order chi connectivity index (χ0) is 32.3. The maximum atomic E-state index is 13.3. The second-order valence-electron chi connectivity index (χ2n) is 12.1. The highest BCUT2D eigenvalue weighted by Gasteiger charge is 2.34. The van der Waals surface area contributed by atoms with Crippen LogP contribution in [0.3, 0.4) is 0 Å². The van der Waals surface area contributed by atoms with Crippen LogP contribution in [-0.2, 0) is 21.1 Å². The van der Waals surface area contributed by atoms with Crippen molar-refractivity contribution in [2.24, 2.45) is 0 Å². The van der Waals surface area contributed by atoms with Gasteiger partial charge in [-0.15, -0.1) is 0 Å². The van der Waals surface area contributed by atoms with E-state index in [2.05, 4.69) is 36.2 Å². The third kappa shape index (κ3) is 9.42. The van der Waals surface area contributed by atoms with Crippen LogP contribution in [0.15, 0.2) is 78.9 Å². The van der Waals surface area contributed by atoms with Gasteiger partial charge in [-0.1, -0.05) is 80.9 Å². The van der Waals surface area contributed by atoms with E-state index in [1.807, 2.05) is 18.2 Å². The summed E-state index contributed by atoms with van der Waals surface area (Å²) in [7, 11) is 0. The molecule has 0 saturated carbocycles. The molecule has 45 heavy (non-hydrogen) atoms. The molecule has 1 unspecified atom stereocenters. The molecule has 1 N–H and O–H groups in total. The average molecular weight is 623 g/mol. The molecule has 8 heteroatoms. The normalized spacial score (nSPS) is 15.8. The maximum absolute atomic E-state index is 13.3. The van der Waals surface area contributed by atoms with Crippen molar-refractivity contribution in [3.8, 4) is 11.1 Å². The van der Waals surface area contributed by atoms with Crippen LogP contribution in [0.4, 0.5) is 13.2 Å². The number of likely N-dealkylation sites (tertiary alicyclic amines) is 1. The van der Waals surface area contributed by atoms with Crippen molar-refractivity contribution < 1.29 is 27.5 Å². The number of rotatable bonds is 14. The monoisotopic (exact) mass is 622 g/mol. The van der Waals surface area contributed by atoms with E-state index in [9.17, 15) is 22.8 Å². The molecular formula is C37H45F3N2O3. The molecule has 4 rings (SSSR count). The Morgan fingerprint density at radius 1 is 0.867 bits per heavy atom. The molecule has 1 fully saturated rings. The Morgan fingerprint density at radius 3 is 2.18 bits per heavy atom. The molecule has 1 heterocycles. The molecule has 5 nitrogen and oxygen atoms in total. The number of hydrogen-bond donors (Lipinski definition) is 1. The van der Waals surface area contributed by atoms with Gasteiger partial charge in [-0.2, -0.15) is 13.2 Å². The largest absolute Gasteiger partial charge is 0.466 e. The number of unbranched alkanes of at least 4 members (excludes halogenated alkanes) is 1. The standard InChI is InChI=1S/C37H45F3N2O3/c1-3-5-26-45-34(43)27-36(4-2,29-12-7-6-8-13-29)22-11-23-42-24-20-31(21-25-42)41-35(44)33-15-10-9-14-32(33)28-16-18-30(19-17-28)37(38,39)40/h6-10,12-19,31H,3-5,11,20-27H2,1-2H3,(H,41,44). The SMILES string of the molecule is CCCCOC(=O)CC(CC)(CCCN1CCC(NC(=O)c2ccccc2-c2ccc(C(F)(F)F)cc2)CC1)c1ccccc1. The van der Waals surface area contributed by atoms with Gasteiger partial charge in [0, 0.05) is 30.1 Å². The Hall–Kier alpha value is -3.65. The number of nitrogens with zero attached hydrogens (tertiary/aromatic N) is 1. The summed E-state index contributed by atoms with van der Waals surface area (Å²) in [6.45, 7) is 7.32. The number of hydrogen-bond acceptors (Lipinski definition) is 4. The molecule has 1 saturated heterocycles. The number of alkyl halides is 3. The molecule has 242 valence electrons. The van der Waals surface area contributed by atoms with Crippen LogP contribution in [0.25, 0.3) is 11.1 Å². The van der Waals surface area contributed by atoms with Crippen molar-refractivity contribution >= 4 is 11.9 Å². The average Bonchev–Trinajstić information content (AvgIpc) is 3.05. The van der Waals surface area contributed by atoms with Gasteiger partial charge < -0.3 is 15.0 Å². The molecule has 3 aromatic rings. The van der Waals surface area contributed by atoms with Gasteiger partial charge in [0.25, 0.3) is 5.91 Å². The quantitative estimate of drug-likeness (QED) is 0.145. The first-order valence-corrected chi connectivity index (χ1v) is 16.2. The number of carbonyl (C=O) groups excluding carboxylic acids is 2. The Kier molecular flexibility index (Phi) is 12.2. The van der Waals surface area contributed by atoms with E-state index in [1.165, 1.54) is 17.7 Å². The number of carbonyl (C=O) groups is 2. The van der Waals surface area contributed by atoms with Crippen LogP contribution < -0.4 is 5.32 Å². The van der Waals surface area contributed by atoms with Gasteiger partial charge in [-0.25, -0.2) is 0 Å². The van der Waals surface area contributed by atoms with Crippen molar-refractivity contribution in [3.05, 3.63) is 95.6 Å². The van der Waals surface area contributed by atoms with Crippen molar-refractivity contribution in [1.82, 2.24) is 10.2 Å². The molecule has 0 bridgehead atoms. The number of esters is 1. The number of halogens is 3. The van der Waals surface area contributed by atoms with Gasteiger partial charge in [-0.05, 0) is 80.0 Å². The van der Waals surface area contributed by atoms with Gasteiger partial charge in [0.05, 0.1) is 18.6 Å². The summed E-state index contributed by atoms with van der Waals surface area (Å²) in [5, 5.41) is 3.16. The summed E-state index contributed by atoms with van der Waals surface area (Å²) < 4.78 is 44.7. The van der Waals surface area contributed by atoms with Crippen molar-refractivity contribution in [2.45, 2.75) is 82.8 Å². The fraction of sp³-hybridized carbons (Fsp3) is 0.459. The Morgan fingerprint density at radius 2 is 1.53 bits per heavy atom. The number of amides is 1. The molecule has 1 atom stereocenters. The lowest BCUT2D eigenvalue weighted by Gasteiger charge is -2.35. The van der Waals surface area contributed by atoms with Crippen molar-refractivity contribution in [3.63, 3.8) is 0 Å². The summed E-state index contributed by atoms with van der Waals surface area (Å²) in [4.78, 5) is 28.5. The first kappa shape index (κ1) is 34.2. The van der Waals surface area contributed by atoms with Crippen molar-refractivity contribution in [2.75, 3.05) is 26.2 Å². The molecule has 0 spiro atoms. The zero-order valence-corrected chi connectivity index (χ0v) is 26.4. The second kappa shape index (κ2) is 16.1. The van der Waals surface area contributed by atoms with Crippen LogP contribution in [0.5, 0.6) is 0 Å². The lowest BCUT2D eigenvalue weighted by Crippen LogP contribution is -2.45. The van der Waals surface area contributed by atoms with Gasteiger partial charge >= 0.3 is 12.1 Å². The van der Waals surface area contributed by atoms with E-state index in [4.69, 9.17) is 4.74 Å². The third-order valence-electron chi connectivity index (χ3n) is 9.05. The number of benzene rings is 3. The van der Waals surface area contributed by atoms with E-state index < -0.39 is 11.7 Å². The minimum atomic E-state index is -4.41. The summed E-state index contributed by atoms with van der Waals surface area (Å²) >= 11 is 0. The lowest BCUT2D eigenvalue weighted by molar-refractivity contribution is -0.145. The van der Waals surface area contributed by atoms with E-state index in [1.54, 1.807) is 24.3 Å². The predicted octanol–water partition coefficient (Wildman–Crippen LogP) is 8.43. The Bertz CT molecular complexity index is 1370. The zero-order valence-electron chi connectivity index (χ0n) is 26.4. The smallest absolute Gasteiger partial charge is 0.416 e. The summed E-state index contributed by atoms with van der Waals surface area (Å²) in [6, 6.07) is 22.2. The minimum absolute atomic E-state index is 0.0198. The fourth-order valence-corrected chi connectivity index (χ4v) is 6.27. The fourth-order valence-electron chi connectivity index (χ4n) is 6.27. The van der Waals surface area contributed by atoms with Crippen LogP contribution >= 0.6 is 0 Å². The highest BCUT2D eigenvalue weighted by molar-refractivity contribution is 6.01. The molecule has 0 aliphatic carbocycles. The first-order chi connectivity index (χ1) is 21.6. The lowest BCUT2D eigenvalue weighted by atomic mass is 9.72. The molecule has 0 radical (unpaired) electrons. The molecular weight excluding hydrogens is 577 g/mol. The highest BCUT2D eigenvalue weighted by atomic mass is 19.4. The van der Waals surface area contributed by atoms with Crippen LogP contribution in [-0.4, -0.2) is 49.1 Å². The number of nitrogens with one attached hydrogen (secondary N) is 1. The van der Waals surface area contributed by atoms with Gasteiger partial charge in [0.15, 0.2) is 0 Å². The minimum Gasteiger partial charge on any atom is -0.466 e. The molecule has 0 aromatic heterocycles. The van der Waals surface area contributed by atoms with Gasteiger partial charge in [0.1, 0.15) is 0 Å². The maximum Gasteiger partial charge on any atom is 0.416 e. The van der Waals surface area contributed by atoms with E-state index in [0.29, 0.717) is 29.7 Å². The van der Waals surface area contributed by atoms with Crippen LogP contribution in [0.1, 0.15) is 86.7 Å². The second-order valence-corrected chi connectivity index (χ2v) is 12.1. The highest BCUT2D eigenvalue weighted by Crippen LogP contribution is 2.37. The summed E-state index contributed by atoms with van der Waals surface area (Å²) in [6.07, 6.45) is 2.13. The van der Waals surface area contributed by atoms with E-state index >= 15 is 0 Å². The molecule has 1 amide bonds. The Labute approximate surface area is 265 Å². The predicted molar refractivity (Wildman–Crippen MR) is 172 cm³/mol. The topological polar surface area (TPSA) is 58.6 Å². The van der Waals surface area contributed by atoms with Gasteiger partial charge in [0.2, 0.25) is 0 Å². The molecule has 3 aromatic carbocycles.